The van der Waals surface area contributed by atoms with Gasteiger partial charge in [0.15, 0.2) is 0 Å². The number of benzene rings is 1. The average molecular weight is 282 g/mol. The lowest BCUT2D eigenvalue weighted by molar-refractivity contribution is 0.530. The normalized spacial score (nSPS) is 12.5. The molecule has 0 saturated heterocycles. The summed E-state index contributed by atoms with van der Waals surface area (Å²) in [7, 11) is 0. The number of aromatic nitrogens is 1. The third-order valence-corrected chi connectivity index (χ3v) is 3.76. The number of nitrogens with two attached hydrogens (primary N) is 1. The first kappa shape index (κ1) is 15.6. The van der Waals surface area contributed by atoms with Crippen LogP contribution in [0.3, 0.4) is 0 Å². The Morgan fingerprint density at radius 2 is 1.33 bits per heavy atom. The number of pyridine rings is 1. The SMILES string of the molecule is CC(C)(C)c1ccc(-c2ccc(N)nc2)cc1C(C)(C)C. The van der Waals surface area contributed by atoms with Gasteiger partial charge in [-0.05, 0) is 39.7 Å². The first-order valence-electron chi connectivity index (χ1n) is 7.46. The fourth-order valence-electron chi connectivity index (χ4n) is 2.57. The maximum Gasteiger partial charge on any atom is 0.123 e. The van der Waals surface area contributed by atoms with Crippen molar-refractivity contribution in [1.82, 2.24) is 4.98 Å². The van der Waals surface area contributed by atoms with Crippen molar-refractivity contribution in [3.8, 4) is 11.1 Å². The average Bonchev–Trinajstić information content (AvgIpc) is 2.37. The van der Waals surface area contributed by atoms with Crippen LogP contribution in [0.4, 0.5) is 5.82 Å². The predicted molar refractivity (Wildman–Crippen MR) is 91.5 cm³/mol. The molecule has 2 rings (SSSR count). The highest BCUT2D eigenvalue weighted by Crippen LogP contribution is 2.36. The molecule has 2 heteroatoms. The maximum atomic E-state index is 5.67. The summed E-state index contributed by atoms with van der Waals surface area (Å²) in [5.74, 6) is 0.557. The van der Waals surface area contributed by atoms with Gasteiger partial charge in [-0.3, -0.25) is 0 Å². The van der Waals surface area contributed by atoms with E-state index in [1.165, 1.54) is 16.7 Å². The molecule has 0 bridgehead atoms. The second kappa shape index (κ2) is 5.18. The second-order valence-corrected chi connectivity index (χ2v) is 7.73. The minimum atomic E-state index is 0.111. The molecule has 0 saturated carbocycles. The summed E-state index contributed by atoms with van der Waals surface area (Å²) in [5, 5.41) is 0. The summed E-state index contributed by atoms with van der Waals surface area (Å²) in [4.78, 5) is 4.20. The van der Waals surface area contributed by atoms with Crippen molar-refractivity contribution in [3.05, 3.63) is 47.7 Å². The van der Waals surface area contributed by atoms with Gasteiger partial charge in [-0.25, -0.2) is 4.98 Å². The maximum absolute atomic E-state index is 5.67. The molecule has 0 unspecified atom stereocenters. The molecule has 2 aromatic rings. The van der Waals surface area contributed by atoms with Crippen LogP contribution in [0.25, 0.3) is 11.1 Å². The summed E-state index contributed by atoms with van der Waals surface area (Å²) in [6.07, 6.45) is 1.84. The molecule has 0 fully saturated rings. The van der Waals surface area contributed by atoms with Gasteiger partial charge in [0.2, 0.25) is 0 Å². The Kier molecular flexibility index (Phi) is 3.83. The van der Waals surface area contributed by atoms with Gasteiger partial charge in [0.25, 0.3) is 0 Å². The molecular formula is C19H26N2. The van der Waals surface area contributed by atoms with E-state index in [1.54, 1.807) is 0 Å². The largest absolute Gasteiger partial charge is 0.384 e. The summed E-state index contributed by atoms with van der Waals surface area (Å²) >= 11 is 0. The minimum Gasteiger partial charge on any atom is -0.384 e. The first-order valence-corrected chi connectivity index (χ1v) is 7.46. The fourth-order valence-corrected chi connectivity index (χ4v) is 2.57. The Morgan fingerprint density at radius 1 is 0.762 bits per heavy atom. The van der Waals surface area contributed by atoms with Gasteiger partial charge < -0.3 is 5.73 Å². The molecule has 0 aliphatic carbocycles. The van der Waals surface area contributed by atoms with Gasteiger partial charge in [-0.15, -0.1) is 0 Å². The van der Waals surface area contributed by atoms with Gasteiger partial charge in [0, 0.05) is 11.8 Å². The topological polar surface area (TPSA) is 38.9 Å². The molecule has 0 amide bonds. The van der Waals surface area contributed by atoms with Gasteiger partial charge in [-0.1, -0.05) is 59.7 Å². The Bertz CT molecular complexity index is 626. The van der Waals surface area contributed by atoms with E-state index >= 15 is 0 Å². The van der Waals surface area contributed by atoms with Crippen molar-refractivity contribution < 1.29 is 0 Å². The Labute approximate surface area is 128 Å². The van der Waals surface area contributed by atoms with E-state index in [4.69, 9.17) is 5.73 Å². The third kappa shape index (κ3) is 3.44. The van der Waals surface area contributed by atoms with Gasteiger partial charge >= 0.3 is 0 Å². The number of nitrogen functional groups attached to an aromatic ring is 1. The van der Waals surface area contributed by atoms with Crippen molar-refractivity contribution in [2.45, 2.75) is 52.4 Å². The predicted octanol–water partition coefficient (Wildman–Crippen LogP) is 4.93. The highest BCUT2D eigenvalue weighted by molar-refractivity contribution is 5.66. The number of hydrogen-bond acceptors (Lipinski definition) is 2. The van der Waals surface area contributed by atoms with Crippen molar-refractivity contribution in [3.63, 3.8) is 0 Å². The molecule has 2 N–H and O–H groups in total. The van der Waals surface area contributed by atoms with Crippen molar-refractivity contribution in [2.24, 2.45) is 0 Å². The highest BCUT2D eigenvalue weighted by atomic mass is 14.8. The molecule has 0 spiro atoms. The lowest BCUT2D eigenvalue weighted by Gasteiger charge is -2.30. The van der Waals surface area contributed by atoms with E-state index in [9.17, 15) is 0 Å². The summed E-state index contributed by atoms with van der Waals surface area (Å²) in [6, 6.07) is 10.6. The van der Waals surface area contributed by atoms with Crippen LogP contribution in [0, 0.1) is 0 Å². The van der Waals surface area contributed by atoms with Crippen LogP contribution in [-0.2, 0) is 10.8 Å². The molecule has 1 heterocycles. The quantitative estimate of drug-likeness (QED) is 0.805. The van der Waals surface area contributed by atoms with Crippen LogP contribution in [-0.4, -0.2) is 4.98 Å². The molecular weight excluding hydrogens is 256 g/mol. The highest BCUT2D eigenvalue weighted by Gasteiger charge is 2.25. The monoisotopic (exact) mass is 282 g/mol. The van der Waals surface area contributed by atoms with Crippen molar-refractivity contribution >= 4 is 5.82 Å². The number of nitrogens with zero attached hydrogens (tertiary/aromatic N) is 1. The minimum absolute atomic E-state index is 0.111. The zero-order valence-corrected chi connectivity index (χ0v) is 14.0. The van der Waals surface area contributed by atoms with Crippen LogP contribution in [0.1, 0.15) is 52.7 Å². The summed E-state index contributed by atoms with van der Waals surface area (Å²) in [5.41, 5.74) is 11.0. The van der Waals surface area contributed by atoms with E-state index < -0.39 is 0 Å². The van der Waals surface area contributed by atoms with Gasteiger partial charge in [0.1, 0.15) is 5.82 Å². The fraction of sp³-hybridized carbons (Fsp3) is 0.421. The smallest absolute Gasteiger partial charge is 0.123 e. The van der Waals surface area contributed by atoms with E-state index in [-0.39, 0.29) is 10.8 Å². The summed E-state index contributed by atoms with van der Waals surface area (Å²) in [6.45, 7) is 13.6. The summed E-state index contributed by atoms with van der Waals surface area (Å²) < 4.78 is 0. The van der Waals surface area contributed by atoms with E-state index in [2.05, 4.69) is 64.7 Å². The third-order valence-electron chi connectivity index (χ3n) is 3.76. The van der Waals surface area contributed by atoms with Crippen molar-refractivity contribution in [2.75, 3.05) is 5.73 Å². The van der Waals surface area contributed by atoms with E-state index in [0.29, 0.717) is 5.82 Å². The zero-order chi connectivity index (χ0) is 15.8. The zero-order valence-electron chi connectivity index (χ0n) is 14.0. The van der Waals surface area contributed by atoms with Gasteiger partial charge in [0.05, 0.1) is 0 Å². The molecule has 0 atom stereocenters. The molecule has 1 aromatic carbocycles. The van der Waals surface area contributed by atoms with Crippen LogP contribution in [0.15, 0.2) is 36.5 Å². The van der Waals surface area contributed by atoms with E-state index in [1.807, 2.05) is 18.3 Å². The molecule has 0 aliphatic heterocycles. The first-order chi connectivity index (χ1) is 9.59. The molecule has 1 aromatic heterocycles. The number of rotatable bonds is 1. The Hall–Kier alpha value is -1.83. The molecule has 0 aliphatic rings. The molecule has 112 valence electrons. The molecule has 21 heavy (non-hydrogen) atoms. The van der Waals surface area contributed by atoms with Crippen LogP contribution < -0.4 is 5.73 Å². The molecule has 0 radical (unpaired) electrons. The second-order valence-electron chi connectivity index (χ2n) is 7.73. The molecule has 2 nitrogen and oxygen atoms in total. The van der Waals surface area contributed by atoms with Gasteiger partial charge in [-0.2, -0.15) is 0 Å². The number of hydrogen-bond donors (Lipinski definition) is 1. The van der Waals surface area contributed by atoms with Crippen molar-refractivity contribution in [1.29, 1.82) is 0 Å². The van der Waals surface area contributed by atoms with Crippen LogP contribution in [0.5, 0.6) is 0 Å². The van der Waals surface area contributed by atoms with E-state index in [0.717, 1.165) is 5.56 Å². The lowest BCUT2D eigenvalue weighted by atomic mass is 9.74. The standard InChI is InChI=1S/C19H26N2/c1-18(2,3)15-9-7-13(11-16(15)19(4,5)6)14-8-10-17(20)21-12-14/h7-12H,1-6H3,(H2,20,21). The Balaban J connectivity index is 2.60. The van der Waals surface area contributed by atoms with Crippen LogP contribution >= 0.6 is 0 Å². The Morgan fingerprint density at radius 3 is 1.81 bits per heavy atom. The van der Waals surface area contributed by atoms with Crippen LogP contribution in [0.2, 0.25) is 0 Å². The lowest BCUT2D eigenvalue weighted by Crippen LogP contribution is -2.21. The number of anilines is 1.